The van der Waals surface area contributed by atoms with Gasteiger partial charge in [-0.1, -0.05) is 12.0 Å². The Hall–Kier alpha value is -3.66. The molecule has 0 fully saturated rings. The molecule has 24 heavy (non-hydrogen) atoms. The van der Waals surface area contributed by atoms with Crippen LogP contribution in [0, 0.1) is 12.3 Å². The number of primary amides is 1. The zero-order chi connectivity index (χ0) is 17.1. The van der Waals surface area contributed by atoms with Crippen molar-refractivity contribution in [1.82, 2.24) is 20.0 Å². The Morgan fingerprint density at radius 3 is 2.96 bits per heavy atom. The van der Waals surface area contributed by atoms with Gasteiger partial charge in [0.25, 0.3) is 0 Å². The molecule has 3 aromatic rings. The SMILES string of the molecule is C#Cc1ccc2c(C=NNC(N)=O)cc(-c3cncn3C)nc2c1. The summed E-state index contributed by atoms with van der Waals surface area (Å²) in [4.78, 5) is 19.6. The maximum Gasteiger partial charge on any atom is 0.332 e. The van der Waals surface area contributed by atoms with E-state index in [-0.39, 0.29) is 0 Å². The molecule has 3 N–H and O–H groups in total. The molecule has 2 heterocycles. The highest BCUT2D eigenvalue weighted by Gasteiger charge is 2.10. The van der Waals surface area contributed by atoms with Gasteiger partial charge in [-0.15, -0.1) is 6.42 Å². The highest BCUT2D eigenvalue weighted by atomic mass is 16.2. The maximum atomic E-state index is 10.8. The predicted octanol–water partition coefficient (Wildman–Crippen LogP) is 1.62. The van der Waals surface area contributed by atoms with Crippen molar-refractivity contribution in [3.8, 4) is 23.7 Å². The lowest BCUT2D eigenvalue weighted by atomic mass is 10.1. The van der Waals surface area contributed by atoms with Gasteiger partial charge in [0.2, 0.25) is 0 Å². The molecule has 0 aliphatic heterocycles. The summed E-state index contributed by atoms with van der Waals surface area (Å²) in [5.41, 5.74) is 11.0. The van der Waals surface area contributed by atoms with Gasteiger partial charge in [0, 0.05) is 23.6 Å². The Morgan fingerprint density at radius 1 is 1.46 bits per heavy atom. The van der Waals surface area contributed by atoms with Gasteiger partial charge in [-0.05, 0) is 18.2 Å². The second-order valence-electron chi connectivity index (χ2n) is 5.10. The van der Waals surface area contributed by atoms with Crippen LogP contribution in [0.15, 0.2) is 41.9 Å². The number of benzene rings is 1. The van der Waals surface area contributed by atoms with E-state index in [9.17, 15) is 4.79 Å². The molecule has 3 rings (SSSR count). The first-order valence-electron chi connectivity index (χ1n) is 7.05. The van der Waals surface area contributed by atoms with Gasteiger partial charge < -0.3 is 10.3 Å². The van der Waals surface area contributed by atoms with Gasteiger partial charge in [-0.2, -0.15) is 5.10 Å². The van der Waals surface area contributed by atoms with Gasteiger partial charge in [-0.3, -0.25) is 0 Å². The van der Waals surface area contributed by atoms with Crippen LogP contribution in [-0.2, 0) is 7.05 Å². The number of nitrogens with one attached hydrogen (secondary N) is 1. The molecule has 7 heteroatoms. The molecule has 118 valence electrons. The second kappa shape index (κ2) is 6.22. The van der Waals surface area contributed by atoms with Crippen LogP contribution in [-0.4, -0.2) is 26.8 Å². The number of carbonyl (C=O) groups is 1. The molecule has 7 nitrogen and oxygen atoms in total. The van der Waals surface area contributed by atoms with E-state index in [1.165, 1.54) is 6.21 Å². The van der Waals surface area contributed by atoms with Crippen LogP contribution in [0.25, 0.3) is 22.3 Å². The van der Waals surface area contributed by atoms with Crippen molar-refractivity contribution in [1.29, 1.82) is 0 Å². The number of pyridine rings is 1. The molecular formula is C17H14N6O. The molecule has 0 unspecified atom stereocenters. The first-order valence-corrected chi connectivity index (χ1v) is 7.05. The average Bonchev–Trinajstić information content (AvgIpc) is 2.99. The molecule has 0 radical (unpaired) electrons. The zero-order valence-corrected chi connectivity index (χ0v) is 12.9. The minimum absolute atomic E-state index is 0.720. The number of nitrogens with zero attached hydrogens (tertiary/aromatic N) is 4. The van der Waals surface area contributed by atoms with Crippen LogP contribution >= 0.6 is 0 Å². The number of hydrogen-bond acceptors (Lipinski definition) is 4. The van der Waals surface area contributed by atoms with Crippen LogP contribution in [0.4, 0.5) is 4.79 Å². The molecule has 0 saturated heterocycles. The Kier molecular flexibility index (Phi) is 3.95. The molecular weight excluding hydrogens is 304 g/mol. The predicted molar refractivity (Wildman–Crippen MR) is 92.2 cm³/mol. The van der Waals surface area contributed by atoms with Crippen LogP contribution in [0.3, 0.4) is 0 Å². The molecule has 0 aliphatic rings. The zero-order valence-electron chi connectivity index (χ0n) is 12.9. The van der Waals surface area contributed by atoms with Gasteiger partial charge in [-0.25, -0.2) is 20.2 Å². The first kappa shape index (κ1) is 15.2. The van der Waals surface area contributed by atoms with Crippen molar-refractivity contribution in [3.63, 3.8) is 0 Å². The average molecular weight is 318 g/mol. The van der Waals surface area contributed by atoms with Crippen LogP contribution in [0.1, 0.15) is 11.1 Å². The lowest BCUT2D eigenvalue weighted by Gasteiger charge is -2.08. The summed E-state index contributed by atoms with van der Waals surface area (Å²) in [6.45, 7) is 0. The second-order valence-corrected chi connectivity index (χ2v) is 5.10. The van der Waals surface area contributed by atoms with Crippen molar-refractivity contribution in [3.05, 3.63) is 47.9 Å². The molecule has 1 aromatic carbocycles. The number of carbonyl (C=O) groups excluding carboxylic acids is 1. The third-order valence-corrected chi connectivity index (χ3v) is 3.47. The lowest BCUT2D eigenvalue weighted by Crippen LogP contribution is -2.24. The normalized spacial score (nSPS) is 10.8. The van der Waals surface area contributed by atoms with Crippen molar-refractivity contribution >= 4 is 23.1 Å². The number of nitrogens with two attached hydrogens (primary N) is 1. The van der Waals surface area contributed by atoms with E-state index in [0.29, 0.717) is 0 Å². The summed E-state index contributed by atoms with van der Waals surface area (Å²) in [5, 5.41) is 4.70. The van der Waals surface area contributed by atoms with Crippen molar-refractivity contribution in [2.75, 3.05) is 0 Å². The number of fused-ring (bicyclic) bond motifs is 1. The number of urea groups is 1. The summed E-state index contributed by atoms with van der Waals surface area (Å²) in [6.07, 6.45) is 10.4. The Bertz CT molecular complexity index is 996. The smallest absolute Gasteiger partial charge is 0.332 e. The highest BCUT2D eigenvalue weighted by molar-refractivity contribution is 6.00. The summed E-state index contributed by atoms with van der Waals surface area (Å²) < 4.78 is 1.86. The van der Waals surface area contributed by atoms with E-state index < -0.39 is 6.03 Å². The molecule has 2 aromatic heterocycles. The highest BCUT2D eigenvalue weighted by Crippen LogP contribution is 2.24. The van der Waals surface area contributed by atoms with E-state index in [1.54, 1.807) is 12.5 Å². The summed E-state index contributed by atoms with van der Waals surface area (Å²) in [6, 6.07) is 6.66. The Balaban J connectivity index is 2.20. The minimum Gasteiger partial charge on any atom is -0.350 e. The van der Waals surface area contributed by atoms with Crippen molar-refractivity contribution < 1.29 is 4.79 Å². The third kappa shape index (κ3) is 2.94. The fourth-order valence-corrected chi connectivity index (χ4v) is 2.35. The standard InChI is InChI=1S/C17H14N6O/c1-3-11-4-5-13-12(8-20-22-17(18)24)7-15(21-14(13)6-11)16-9-19-10-23(16)2/h1,4-10H,2H3,(H3,18,22,24). The third-order valence-electron chi connectivity index (χ3n) is 3.47. The van der Waals surface area contributed by atoms with Gasteiger partial charge >= 0.3 is 6.03 Å². The number of rotatable bonds is 3. The van der Waals surface area contributed by atoms with Gasteiger partial charge in [0.05, 0.1) is 35.6 Å². The molecule has 0 spiro atoms. The Morgan fingerprint density at radius 2 is 2.29 bits per heavy atom. The minimum atomic E-state index is -0.730. The fraction of sp³-hybridized carbons (Fsp3) is 0.0588. The largest absolute Gasteiger partial charge is 0.350 e. The molecule has 0 bridgehead atoms. The van der Waals surface area contributed by atoms with Crippen molar-refractivity contribution in [2.45, 2.75) is 0 Å². The van der Waals surface area contributed by atoms with E-state index in [0.717, 1.165) is 33.4 Å². The Labute approximate surface area is 138 Å². The van der Waals surface area contributed by atoms with Crippen LogP contribution in [0.5, 0.6) is 0 Å². The number of imidazole rings is 1. The van der Waals surface area contributed by atoms with Crippen LogP contribution in [0.2, 0.25) is 0 Å². The summed E-state index contributed by atoms with van der Waals surface area (Å²) in [7, 11) is 1.88. The van der Waals surface area contributed by atoms with E-state index >= 15 is 0 Å². The van der Waals surface area contributed by atoms with E-state index in [4.69, 9.17) is 12.2 Å². The number of hydrazone groups is 1. The summed E-state index contributed by atoms with van der Waals surface area (Å²) >= 11 is 0. The monoisotopic (exact) mass is 318 g/mol. The molecule has 0 atom stereocenters. The quantitative estimate of drug-likeness (QED) is 0.436. The molecule has 0 aliphatic carbocycles. The van der Waals surface area contributed by atoms with Crippen molar-refractivity contribution in [2.24, 2.45) is 17.9 Å². The maximum absolute atomic E-state index is 10.8. The van der Waals surface area contributed by atoms with E-state index in [2.05, 4.69) is 26.4 Å². The van der Waals surface area contributed by atoms with E-state index in [1.807, 2.05) is 35.9 Å². The lowest BCUT2D eigenvalue weighted by molar-refractivity contribution is 0.249. The van der Waals surface area contributed by atoms with Gasteiger partial charge in [0.15, 0.2) is 0 Å². The number of hydrogen-bond donors (Lipinski definition) is 2. The number of aryl methyl sites for hydroxylation is 1. The topological polar surface area (TPSA) is 98.2 Å². The number of amides is 2. The molecule has 0 saturated carbocycles. The number of terminal acetylenes is 1. The summed E-state index contributed by atoms with van der Waals surface area (Å²) in [5.74, 6) is 2.60. The molecule has 2 amide bonds. The fourth-order valence-electron chi connectivity index (χ4n) is 2.35. The van der Waals surface area contributed by atoms with Gasteiger partial charge in [0.1, 0.15) is 0 Å². The van der Waals surface area contributed by atoms with Crippen LogP contribution < -0.4 is 11.2 Å². The first-order chi connectivity index (χ1) is 11.6. The number of aromatic nitrogens is 3.